The van der Waals surface area contributed by atoms with Crippen molar-refractivity contribution in [3.8, 4) is 0 Å². The van der Waals surface area contributed by atoms with Crippen LogP contribution in [0.15, 0.2) is 0 Å². The highest BCUT2D eigenvalue weighted by Crippen LogP contribution is 2.58. The van der Waals surface area contributed by atoms with Crippen LogP contribution in [-0.2, 0) is 9.36 Å². The Morgan fingerprint density at radius 3 is 2.53 bits per heavy atom. The smallest absolute Gasteiger partial charge is 0.307 e. The first-order valence-electron chi connectivity index (χ1n) is 6.07. The lowest BCUT2D eigenvalue weighted by Crippen LogP contribution is -2.32. The zero-order valence-electron chi connectivity index (χ0n) is 10.4. The topological polar surface area (TPSA) is 101 Å². The van der Waals surface area contributed by atoms with Crippen molar-refractivity contribution in [2.45, 2.75) is 51.0 Å². The molecule has 0 spiro atoms. The van der Waals surface area contributed by atoms with Crippen LogP contribution in [0.25, 0.3) is 0 Å². The number of nitrogens with two attached hydrogens (primary N) is 1. The molecule has 1 aliphatic carbocycles. The molecule has 0 aliphatic heterocycles. The molecule has 0 radical (unpaired) electrons. The fraction of sp³-hybridized carbons (Fsp3) is 0.909. The number of hydrogen-bond acceptors (Lipinski definition) is 3. The summed E-state index contributed by atoms with van der Waals surface area (Å²) in [5.41, 5.74) is 5.13. The SMILES string of the molecule is CC(C)C[C@@H](N)P(=O)(O)[C@H]1CCC[C@H]1C(=O)O. The summed E-state index contributed by atoms with van der Waals surface area (Å²) in [5.74, 6) is -2.25. The van der Waals surface area contributed by atoms with E-state index in [0.29, 0.717) is 25.7 Å². The quantitative estimate of drug-likeness (QED) is 0.657. The third-order valence-electron chi connectivity index (χ3n) is 3.46. The van der Waals surface area contributed by atoms with Gasteiger partial charge < -0.3 is 15.7 Å². The highest BCUT2D eigenvalue weighted by atomic mass is 31.2. The van der Waals surface area contributed by atoms with Crippen LogP contribution < -0.4 is 5.73 Å². The molecule has 0 aromatic heterocycles. The highest BCUT2D eigenvalue weighted by molar-refractivity contribution is 7.59. The first kappa shape index (κ1) is 14.7. The third kappa shape index (κ3) is 3.30. The summed E-state index contributed by atoms with van der Waals surface area (Å²) >= 11 is 0. The molecular weight excluding hydrogens is 241 g/mol. The van der Waals surface area contributed by atoms with Crippen molar-refractivity contribution >= 4 is 13.3 Å². The zero-order chi connectivity index (χ0) is 13.2. The van der Waals surface area contributed by atoms with Crippen molar-refractivity contribution in [3.05, 3.63) is 0 Å². The maximum absolute atomic E-state index is 12.3. The van der Waals surface area contributed by atoms with E-state index in [-0.39, 0.29) is 5.92 Å². The normalized spacial score (nSPS) is 30.2. The third-order valence-corrected chi connectivity index (χ3v) is 6.19. The number of carboxylic acids is 1. The van der Waals surface area contributed by atoms with Crippen LogP contribution in [0.3, 0.4) is 0 Å². The van der Waals surface area contributed by atoms with E-state index in [9.17, 15) is 14.3 Å². The lowest BCUT2D eigenvalue weighted by Gasteiger charge is -2.28. The molecule has 0 aromatic rings. The second kappa shape index (κ2) is 5.51. The van der Waals surface area contributed by atoms with Gasteiger partial charge in [0, 0.05) is 0 Å². The minimum Gasteiger partial charge on any atom is -0.481 e. The highest BCUT2D eigenvalue weighted by Gasteiger charge is 2.47. The molecule has 0 saturated heterocycles. The maximum atomic E-state index is 12.3. The van der Waals surface area contributed by atoms with Crippen molar-refractivity contribution in [2.24, 2.45) is 17.6 Å². The van der Waals surface area contributed by atoms with Crippen LogP contribution in [-0.4, -0.2) is 27.4 Å². The van der Waals surface area contributed by atoms with Gasteiger partial charge in [0.1, 0.15) is 0 Å². The Labute approximate surface area is 102 Å². The van der Waals surface area contributed by atoms with Gasteiger partial charge in [0.05, 0.1) is 17.4 Å². The van der Waals surface area contributed by atoms with E-state index in [1.54, 1.807) is 0 Å². The Kier molecular flexibility index (Phi) is 4.76. The van der Waals surface area contributed by atoms with Gasteiger partial charge in [0.2, 0.25) is 7.37 Å². The van der Waals surface area contributed by atoms with Gasteiger partial charge in [-0.05, 0) is 25.2 Å². The van der Waals surface area contributed by atoms with Crippen molar-refractivity contribution in [2.75, 3.05) is 0 Å². The van der Waals surface area contributed by atoms with Crippen LogP contribution in [0.1, 0.15) is 39.5 Å². The van der Waals surface area contributed by atoms with Crippen molar-refractivity contribution < 1.29 is 19.4 Å². The zero-order valence-corrected chi connectivity index (χ0v) is 11.3. The predicted octanol–water partition coefficient (Wildman–Crippen LogP) is 1.84. The minimum atomic E-state index is -3.60. The van der Waals surface area contributed by atoms with E-state index >= 15 is 0 Å². The number of rotatable bonds is 5. The summed E-state index contributed by atoms with van der Waals surface area (Å²) in [6.45, 7) is 3.87. The number of hydrogen-bond donors (Lipinski definition) is 3. The molecule has 1 rings (SSSR count). The fourth-order valence-corrected chi connectivity index (χ4v) is 5.11. The monoisotopic (exact) mass is 263 g/mol. The molecule has 1 fully saturated rings. The summed E-state index contributed by atoms with van der Waals surface area (Å²) in [4.78, 5) is 21.1. The molecule has 6 heteroatoms. The van der Waals surface area contributed by atoms with Crippen LogP contribution in [0.4, 0.5) is 0 Å². The van der Waals surface area contributed by atoms with Crippen molar-refractivity contribution in [1.82, 2.24) is 0 Å². The first-order chi connectivity index (χ1) is 7.76. The number of carbonyl (C=O) groups is 1. The second-order valence-electron chi connectivity index (χ2n) is 5.31. The Morgan fingerprint density at radius 2 is 2.06 bits per heavy atom. The fourth-order valence-electron chi connectivity index (χ4n) is 2.55. The van der Waals surface area contributed by atoms with E-state index in [1.807, 2.05) is 13.8 Å². The molecule has 0 aromatic carbocycles. The standard InChI is InChI=1S/C11H22NO4P/c1-7(2)6-10(12)17(15,16)9-5-3-4-8(9)11(13)14/h7-10H,3-6,12H2,1-2H3,(H,13,14)(H,15,16)/t8-,9+,10+/m1/s1. The molecule has 17 heavy (non-hydrogen) atoms. The lowest BCUT2D eigenvalue weighted by molar-refractivity contribution is -0.141. The largest absolute Gasteiger partial charge is 0.481 e. The lowest BCUT2D eigenvalue weighted by atomic mass is 10.1. The molecule has 1 saturated carbocycles. The van der Waals surface area contributed by atoms with Crippen molar-refractivity contribution in [1.29, 1.82) is 0 Å². The summed E-state index contributed by atoms with van der Waals surface area (Å²) in [6.07, 6.45) is 2.13. The average molecular weight is 263 g/mol. The van der Waals surface area contributed by atoms with E-state index < -0.39 is 30.7 Å². The second-order valence-corrected chi connectivity index (χ2v) is 7.98. The molecule has 4 atom stereocenters. The Balaban J connectivity index is 2.81. The summed E-state index contributed by atoms with van der Waals surface area (Å²) < 4.78 is 12.3. The van der Waals surface area contributed by atoms with Crippen LogP contribution in [0.2, 0.25) is 0 Å². The summed E-state index contributed by atoms with van der Waals surface area (Å²) in [6, 6.07) is 0. The van der Waals surface area contributed by atoms with E-state index in [2.05, 4.69) is 0 Å². The van der Waals surface area contributed by atoms with Crippen molar-refractivity contribution in [3.63, 3.8) is 0 Å². The van der Waals surface area contributed by atoms with Crippen LogP contribution in [0.5, 0.6) is 0 Å². The molecule has 1 unspecified atom stereocenters. The molecule has 100 valence electrons. The van der Waals surface area contributed by atoms with Crippen LogP contribution in [0, 0.1) is 11.8 Å². The molecular formula is C11H22NO4P. The van der Waals surface area contributed by atoms with E-state index in [4.69, 9.17) is 10.8 Å². The first-order valence-corrected chi connectivity index (χ1v) is 7.87. The predicted molar refractivity (Wildman–Crippen MR) is 66.0 cm³/mol. The van der Waals surface area contributed by atoms with E-state index in [1.165, 1.54) is 0 Å². The summed E-state index contributed by atoms with van der Waals surface area (Å²) in [7, 11) is -3.60. The minimum absolute atomic E-state index is 0.232. The molecule has 4 N–H and O–H groups in total. The van der Waals surface area contributed by atoms with E-state index in [0.717, 1.165) is 0 Å². The van der Waals surface area contributed by atoms with Gasteiger partial charge in [0.15, 0.2) is 0 Å². The van der Waals surface area contributed by atoms with Gasteiger partial charge in [-0.1, -0.05) is 20.3 Å². The molecule has 5 nitrogen and oxygen atoms in total. The van der Waals surface area contributed by atoms with Gasteiger partial charge in [-0.25, -0.2) is 0 Å². The van der Waals surface area contributed by atoms with Crippen LogP contribution >= 0.6 is 7.37 Å². The molecule has 0 amide bonds. The Morgan fingerprint density at radius 1 is 1.47 bits per heavy atom. The number of carboxylic acid groups (broad SMARTS) is 1. The maximum Gasteiger partial charge on any atom is 0.307 e. The Bertz CT molecular complexity index is 331. The number of aliphatic carboxylic acids is 1. The van der Waals surface area contributed by atoms with Gasteiger partial charge in [-0.15, -0.1) is 0 Å². The Hall–Kier alpha value is -0.380. The molecule has 0 heterocycles. The van der Waals surface area contributed by atoms with Gasteiger partial charge in [-0.2, -0.15) is 0 Å². The van der Waals surface area contributed by atoms with Gasteiger partial charge in [-0.3, -0.25) is 9.36 Å². The van der Waals surface area contributed by atoms with Gasteiger partial charge >= 0.3 is 5.97 Å². The summed E-state index contributed by atoms with van der Waals surface area (Å²) in [5, 5.41) is 9.04. The molecule has 1 aliphatic rings. The molecule has 0 bridgehead atoms. The van der Waals surface area contributed by atoms with Gasteiger partial charge in [0.25, 0.3) is 0 Å². The average Bonchev–Trinajstić information content (AvgIpc) is 2.64.